The highest BCUT2D eigenvalue weighted by atomic mass is 32.2. The van der Waals surface area contributed by atoms with Crippen molar-refractivity contribution in [1.29, 1.82) is 0 Å². The lowest BCUT2D eigenvalue weighted by atomic mass is 10.00. The van der Waals surface area contributed by atoms with Crippen LogP contribution in [0.1, 0.15) is 57.2 Å². The number of rotatable bonds is 14. The lowest BCUT2D eigenvalue weighted by Crippen LogP contribution is -2.54. The molecule has 0 bridgehead atoms. The molecule has 3 aromatic rings. The second kappa shape index (κ2) is 15.0. The molecule has 2 amide bonds. The highest BCUT2D eigenvalue weighted by Gasteiger charge is 2.32. The van der Waals surface area contributed by atoms with Crippen molar-refractivity contribution in [1.82, 2.24) is 10.2 Å². The molecule has 3 aromatic carbocycles. The molecule has 0 unspecified atom stereocenters. The number of carbonyl (C=O) groups is 2. The van der Waals surface area contributed by atoms with E-state index in [0.717, 1.165) is 22.9 Å². The first kappa shape index (κ1) is 33.6. The molecule has 1 N–H and O–H groups in total. The molecule has 0 aromatic heterocycles. The molecule has 43 heavy (non-hydrogen) atoms. The van der Waals surface area contributed by atoms with E-state index in [1.807, 2.05) is 89.2 Å². The van der Waals surface area contributed by atoms with Crippen LogP contribution in [0.5, 0.6) is 5.75 Å². The molecular formula is C34H45N3O5S. The van der Waals surface area contributed by atoms with Gasteiger partial charge in [0.25, 0.3) is 0 Å². The molecule has 8 nitrogen and oxygen atoms in total. The maximum atomic E-state index is 14.0. The number of nitrogens with zero attached hydrogens (tertiary/aromatic N) is 2. The third-order valence-electron chi connectivity index (χ3n) is 6.79. The van der Waals surface area contributed by atoms with Gasteiger partial charge >= 0.3 is 0 Å². The third kappa shape index (κ3) is 10.7. The van der Waals surface area contributed by atoms with Gasteiger partial charge in [-0.05, 0) is 76.4 Å². The summed E-state index contributed by atoms with van der Waals surface area (Å²) < 4.78 is 32.2. The van der Waals surface area contributed by atoms with Gasteiger partial charge in [0.2, 0.25) is 21.8 Å². The number of nitrogens with one attached hydrogen (secondary N) is 1. The predicted octanol–water partition coefficient (Wildman–Crippen LogP) is 5.49. The standard InChI is InChI=1S/C34H45N3O5S/c1-7-42-30-20-18-29(19-21-30)37(43(6,40)41)22-12-17-32(38)36(25-28-16-11-13-26(2)23-28)31(33(39)35-34(3,4)5)24-27-14-9-8-10-15-27/h8-11,13-16,18-21,23,31H,7,12,17,22,24-25H2,1-6H3,(H,35,39)/t31-/m1/s1. The first-order valence-electron chi connectivity index (χ1n) is 14.7. The van der Waals surface area contributed by atoms with Crippen molar-refractivity contribution in [3.63, 3.8) is 0 Å². The smallest absolute Gasteiger partial charge is 0.243 e. The first-order chi connectivity index (χ1) is 20.3. The van der Waals surface area contributed by atoms with E-state index in [-0.39, 0.29) is 37.7 Å². The van der Waals surface area contributed by atoms with Gasteiger partial charge in [0.05, 0.1) is 18.6 Å². The minimum atomic E-state index is -3.60. The first-order valence-corrected chi connectivity index (χ1v) is 16.5. The minimum Gasteiger partial charge on any atom is -0.494 e. The van der Waals surface area contributed by atoms with Crippen molar-refractivity contribution < 1.29 is 22.7 Å². The summed E-state index contributed by atoms with van der Waals surface area (Å²) in [6.45, 7) is 10.5. The second-order valence-corrected chi connectivity index (χ2v) is 13.7. The molecular weight excluding hydrogens is 562 g/mol. The van der Waals surface area contributed by atoms with Crippen LogP contribution >= 0.6 is 0 Å². The van der Waals surface area contributed by atoms with E-state index in [4.69, 9.17) is 4.74 Å². The highest BCUT2D eigenvalue weighted by molar-refractivity contribution is 7.92. The zero-order chi connectivity index (χ0) is 31.6. The van der Waals surface area contributed by atoms with Crippen LogP contribution in [0.3, 0.4) is 0 Å². The molecule has 9 heteroatoms. The van der Waals surface area contributed by atoms with Crippen LogP contribution in [0.4, 0.5) is 5.69 Å². The number of ether oxygens (including phenoxy) is 1. The molecule has 0 aliphatic heterocycles. The van der Waals surface area contributed by atoms with Crippen molar-refractivity contribution in [3.05, 3.63) is 95.6 Å². The normalized spacial score (nSPS) is 12.3. The van der Waals surface area contributed by atoms with E-state index in [0.29, 0.717) is 24.5 Å². The average molecular weight is 608 g/mol. The Morgan fingerprint density at radius 2 is 1.58 bits per heavy atom. The molecule has 1 atom stereocenters. The predicted molar refractivity (Wildman–Crippen MR) is 173 cm³/mol. The van der Waals surface area contributed by atoms with Crippen molar-refractivity contribution in [2.75, 3.05) is 23.7 Å². The number of carbonyl (C=O) groups excluding carboxylic acids is 2. The Morgan fingerprint density at radius 3 is 2.16 bits per heavy atom. The van der Waals surface area contributed by atoms with Crippen LogP contribution in [0, 0.1) is 6.92 Å². The lowest BCUT2D eigenvalue weighted by Gasteiger charge is -2.34. The van der Waals surface area contributed by atoms with Crippen LogP contribution in [0.25, 0.3) is 0 Å². The summed E-state index contributed by atoms with van der Waals surface area (Å²) in [5.41, 5.74) is 2.93. The minimum absolute atomic E-state index is 0.0724. The van der Waals surface area contributed by atoms with Gasteiger partial charge in [0, 0.05) is 31.5 Å². The number of sulfonamides is 1. The fourth-order valence-corrected chi connectivity index (χ4v) is 5.86. The number of hydrogen-bond donors (Lipinski definition) is 1. The lowest BCUT2D eigenvalue weighted by molar-refractivity contribution is -0.142. The van der Waals surface area contributed by atoms with Gasteiger partial charge in [-0.15, -0.1) is 0 Å². The largest absolute Gasteiger partial charge is 0.494 e. The number of amides is 2. The molecule has 3 rings (SSSR count). The summed E-state index contributed by atoms with van der Waals surface area (Å²) in [5.74, 6) is 0.204. The van der Waals surface area contributed by atoms with E-state index in [9.17, 15) is 18.0 Å². The Kier molecular flexibility index (Phi) is 11.8. The number of hydrogen-bond acceptors (Lipinski definition) is 5. The summed E-state index contributed by atoms with van der Waals surface area (Å²) in [4.78, 5) is 29.4. The maximum Gasteiger partial charge on any atom is 0.243 e. The van der Waals surface area contributed by atoms with Crippen molar-refractivity contribution >= 4 is 27.5 Å². The van der Waals surface area contributed by atoms with Crippen molar-refractivity contribution in [2.45, 2.75) is 72.0 Å². The summed E-state index contributed by atoms with van der Waals surface area (Å²) in [6.07, 6.45) is 1.86. The zero-order valence-electron chi connectivity index (χ0n) is 26.2. The van der Waals surface area contributed by atoms with Crippen LogP contribution in [0.2, 0.25) is 0 Å². The zero-order valence-corrected chi connectivity index (χ0v) is 27.0. The molecule has 0 fully saturated rings. The number of aryl methyl sites for hydroxylation is 1. The highest BCUT2D eigenvalue weighted by Crippen LogP contribution is 2.23. The average Bonchev–Trinajstić information content (AvgIpc) is 2.92. The van der Waals surface area contributed by atoms with E-state index in [2.05, 4.69) is 5.32 Å². The summed E-state index contributed by atoms with van der Waals surface area (Å²) in [6, 6.07) is 23.7. The molecule has 0 saturated heterocycles. The van der Waals surface area contributed by atoms with E-state index in [1.54, 1.807) is 29.2 Å². The van der Waals surface area contributed by atoms with Gasteiger partial charge in [0.1, 0.15) is 11.8 Å². The summed E-state index contributed by atoms with van der Waals surface area (Å²) in [5, 5.41) is 3.07. The van der Waals surface area contributed by atoms with Crippen LogP contribution in [-0.4, -0.2) is 56.1 Å². The molecule has 0 radical (unpaired) electrons. The SMILES string of the molecule is CCOc1ccc(N(CCCC(=O)N(Cc2cccc(C)c2)[C@H](Cc2ccccc2)C(=O)NC(C)(C)C)S(C)(=O)=O)cc1. The Hall–Kier alpha value is -3.85. The second-order valence-electron chi connectivity index (χ2n) is 11.8. The van der Waals surface area contributed by atoms with Gasteiger partial charge in [-0.1, -0.05) is 60.2 Å². The van der Waals surface area contributed by atoms with Crippen molar-refractivity contribution in [3.8, 4) is 5.75 Å². The molecule has 232 valence electrons. The van der Waals surface area contributed by atoms with Gasteiger partial charge in [0.15, 0.2) is 0 Å². The van der Waals surface area contributed by atoms with Crippen molar-refractivity contribution in [2.24, 2.45) is 0 Å². The Labute approximate surface area is 257 Å². The number of benzene rings is 3. The third-order valence-corrected chi connectivity index (χ3v) is 7.99. The number of anilines is 1. The molecule has 0 spiro atoms. The Bertz CT molecular complexity index is 1450. The van der Waals surface area contributed by atoms with Gasteiger partial charge in [-0.3, -0.25) is 13.9 Å². The van der Waals surface area contributed by atoms with Crippen LogP contribution < -0.4 is 14.4 Å². The fraction of sp³-hybridized carbons (Fsp3) is 0.412. The summed E-state index contributed by atoms with van der Waals surface area (Å²) >= 11 is 0. The molecule has 0 saturated carbocycles. The van der Waals surface area contributed by atoms with Gasteiger partial charge in [-0.25, -0.2) is 8.42 Å². The Balaban J connectivity index is 1.88. The van der Waals surface area contributed by atoms with E-state index < -0.39 is 21.6 Å². The topological polar surface area (TPSA) is 96.0 Å². The molecule has 0 aliphatic carbocycles. The van der Waals surface area contributed by atoms with Gasteiger partial charge < -0.3 is 15.0 Å². The molecule has 0 heterocycles. The summed E-state index contributed by atoms with van der Waals surface area (Å²) in [7, 11) is -3.60. The van der Waals surface area contributed by atoms with Crippen LogP contribution in [-0.2, 0) is 32.6 Å². The fourth-order valence-electron chi connectivity index (χ4n) is 4.89. The van der Waals surface area contributed by atoms with Crippen LogP contribution in [0.15, 0.2) is 78.9 Å². The monoisotopic (exact) mass is 607 g/mol. The quantitative estimate of drug-likeness (QED) is 0.261. The molecule has 0 aliphatic rings. The van der Waals surface area contributed by atoms with E-state index in [1.165, 1.54) is 4.31 Å². The Morgan fingerprint density at radius 1 is 0.930 bits per heavy atom. The van der Waals surface area contributed by atoms with Gasteiger partial charge in [-0.2, -0.15) is 0 Å². The van der Waals surface area contributed by atoms with E-state index >= 15 is 0 Å². The maximum absolute atomic E-state index is 14.0.